The van der Waals surface area contributed by atoms with Gasteiger partial charge in [-0.15, -0.1) is 0 Å². The van der Waals surface area contributed by atoms with Crippen LogP contribution in [0.3, 0.4) is 0 Å². The van der Waals surface area contributed by atoms with Gasteiger partial charge >= 0.3 is 0 Å². The molecule has 3 amide bonds. The van der Waals surface area contributed by atoms with Crippen LogP contribution in [0.15, 0.2) is 42.5 Å². The molecule has 0 radical (unpaired) electrons. The van der Waals surface area contributed by atoms with Crippen molar-refractivity contribution in [1.29, 1.82) is 0 Å². The Balaban J connectivity index is 1.49. The van der Waals surface area contributed by atoms with E-state index in [1.807, 2.05) is 31.2 Å². The third kappa shape index (κ3) is 4.76. The number of halogens is 2. The summed E-state index contributed by atoms with van der Waals surface area (Å²) in [5.74, 6) is -2.80. The number of hydrogen-bond acceptors (Lipinski definition) is 5. The molecule has 10 heteroatoms. The van der Waals surface area contributed by atoms with Gasteiger partial charge in [-0.3, -0.25) is 19.7 Å². The lowest BCUT2D eigenvalue weighted by atomic mass is 9.81. The van der Waals surface area contributed by atoms with E-state index >= 15 is 0 Å². The van der Waals surface area contributed by atoms with Gasteiger partial charge in [-0.2, -0.15) is 0 Å². The van der Waals surface area contributed by atoms with Crippen LogP contribution in [0.2, 0.25) is 10.0 Å². The molecule has 0 spiro atoms. The van der Waals surface area contributed by atoms with E-state index in [-0.39, 0.29) is 18.2 Å². The van der Waals surface area contributed by atoms with E-state index in [9.17, 15) is 14.4 Å². The number of aryl methyl sites for hydroxylation is 1. The number of rotatable bonds is 4. The van der Waals surface area contributed by atoms with Crippen LogP contribution in [0.4, 0.5) is 11.4 Å². The molecule has 0 aliphatic carbocycles. The number of anilines is 2. The average Bonchev–Trinajstić information content (AvgIpc) is 2.71. The molecule has 2 aromatic carbocycles. The molecule has 4 atom stereocenters. The molecule has 2 aliphatic rings. The normalized spacial score (nSPS) is 25.1. The van der Waals surface area contributed by atoms with Gasteiger partial charge in [0.2, 0.25) is 17.7 Å². The second kappa shape index (κ2) is 8.74. The third-order valence-corrected chi connectivity index (χ3v) is 5.90. The molecule has 8 nitrogen and oxygen atoms in total. The standard InChI is InChI=1S/C21H21Cl2N5O3/c1-10-2-5-12(6-3-10)24-21-27-18-17(20(31)28-21)13(9-16(29)26-18)19(30)25-15-8-11(22)4-7-14(15)23/h2-8,13,17-18,21,24,27H,9H2,1H3,(H,25,30)(H,26,29)(H,28,31). The van der Waals surface area contributed by atoms with Crippen molar-refractivity contribution < 1.29 is 14.4 Å². The van der Waals surface area contributed by atoms with Gasteiger partial charge in [0.05, 0.1) is 28.7 Å². The summed E-state index contributed by atoms with van der Waals surface area (Å²) >= 11 is 12.1. The van der Waals surface area contributed by atoms with Crippen LogP contribution < -0.4 is 26.6 Å². The summed E-state index contributed by atoms with van der Waals surface area (Å²) in [7, 11) is 0. The summed E-state index contributed by atoms with van der Waals surface area (Å²) in [6, 6.07) is 12.3. The van der Waals surface area contributed by atoms with E-state index < -0.39 is 30.2 Å². The van der Waals surface area contributed by atoms with Gasteiger partial charge < -0.3 is 21.3 Å². The second-order valence-corrected chi connectivity index (χ2v) is 8.46. The van der Waals surface area contributed by atoms with Crippen molar-refractivity contribution in [2.75, 3.05) is 10.6 Å². The van der Waals surface area contributed by atoms with Crippen LogP contribution >= 0.6 is 23.2 Å². The molecule has 2 aliphatic heterocycles. The molecule has 0 bridgehead atoms. The van der Waals surface area contributed by atoms with Gasteiger partial charge in [0, 0.05) is 17.1 Å². The Morgan fingerprint density at radius 1 is 1.06 bits per heavy atom. The van der Waals surface area contributed by atoms with Crippen molar-refractivity contribution in [3.05, 3.63) is 58.1 Å². The summed E-state index contributed by atoms with van der Waals surface area (Å²) in [5.41, 5.74) is 2.23. The highest BCUT2D eigenvalue weighted by Crippen LogP contribution is 2.30. The topological polar surface area (TPSA) is 111 Å². The number of hydrogen-bond donors (Lipinski definition) is 5. The van der Waals surface area contributed by atoms with Gasteiger partial charge in [0.15, 0.2) is 6.29 Å². The predicted octanol–water partition coefficient (Wildman–Crippen LogP) is 2.43. The highest BCUT2D eigenvalue weighted by atomic mass is 35.5. The van der Waals surface area contributed by atoms with E-state index in [1.165, 1.54) is 6.07 Å². The summed E-state index contributed by atoms with van der Waals surface area (Å²) in [6.07, 6.45) is -1.43. The first-order chi connectivity index (χ1) is 14.8. The summed E-state index contributed by atoms with van der Waals surface area (Å²) in [5, 5.41) is 15.3. The number of piperidine rings is 1. The number of carbonyl (C=O) groups excluding carboxylic acids is 3. The van der Waals surface area contributed by atoms with Gasteiger partial charge in [-0.05, 0) is 37.3 Å². The zero-order chi connectivity index (χ0) is 22.1. The maximum atomic E-state index is 13.0. The molecule has 2 heterocycles. The summed E-state index contributed by atoms with van der Waals surface area (Å²) in [4.78, 5) is 38.2. The first-order valence-electron chi connectivity index (χ1n) is 9.75. The fourth-order valence-electron chi connectivity index (χ4n) is 3.79. The molecule has 0 saturated carbocycles. The summed E-state index contributed by atoms with van der Waals surface area (Å²) in [6.45, 7) is 1.98. The summed E-state index contributed by atoms with van der Waals surface area (Å²) < 4.78 is 0. The Hall–Kier alpha value is -2.81. The zero-order valence-corrected chi connectivity index (χ0v) is 18.1. The van der Waals surface area contributed by atoms with E-state index in [0.717, 1.165) is 11.3 Å². The van der Waals surface area contributed by atoms with Gasteiger partial charge in [0.25, 0.3) is 0 Å². The Labute approximate surface area is 189 Å². The average molecular weight is 462 g/mol. The van der Waals surface area contributed by atoms with Crippen molar-refractivity contribution in [2.45, 2.75) is 25.8 Å². The fourth-order valence-corrected chi connectivity index (χ4v) is 4.13. The van der Waals surface area contributed by atoms with E-state index in [2.05, 4.69) is 26.6 Å². The highest BCUT2D eigenvalue weighted by Gasteiger charge is 2.48. The highest BCUT2D eigenvalue weighted by molar-refractivity contribution is 6.35. The minimum absolute atomic E-state index is 0.115. The number of nitrogens with one attached hydrogen (secondary N) is 5. The molecule has 2 saturated heterocycles. The van der Waals surface area contributed by atoms with Crippen LogP contribution in [0, 0.1) is 18.8 Å². The largest absolute Gasteiger partial charge is 0.353 e. The third-order valence-electron chi connectivity index (χ3n) is 5.34. The number of benzene rings is 2. The Morgan fingerprint density at radius 3 is 2.55 bits per heavy atom. The first kappa shape index (κ1) is 21.4. The van der Waals surface area contributed by atoms with Crippen LogP contribution in [0.1, 0.15) is 12.0 Å². The number of amides is 3. The van der Waals surface area contributed by atoms with Crippen LogP contribution in [0.5, 0.6) is 0 Å². The molecule has 5 N–H and O–H groups in total. The van der Waals surface area contributed by atoms with Gasteiger partial charge in [0.1, 0.15) is 0 Å². The van der Waals surface area contributed by atoms with Crippen molar-refractivity contribution in [3.8, 4) is 0 Å². The molecule has 4 rings (SSSR count). The van der Waals surface area contributed by atoms with E-state index in [4.69, 9.17) is 23.2 Å². The van der Waals surface area contributed by atoms with Crippen LogP contribution in [-0.4, -0.2) is 30.2 Å². The second-order valence-electron chi connectivity index (χ2n) is 7.61. The maximum absolute atomic E-state index is 13.0. The number of fused-ring (bicyclic) bond motifs is 1. The lowest BCUT2D eigenvalue weighted by Gasteiger charge is -2.43. The zero-order valence-electron chi connectivity index (χ0n) is 16.5. The molecular formula is C21H21Cl2N5O3. The Kier molecular flexibility index (Phi) is 6.04. The molecule has 2 fully saturated rings. The Morgan fingerprint density at radius 2 is 1.81 bits per heavy atom. The lowest BCUT2D eigenvalue weighted by molar-refractivity contribution is -0.144. The van der Waals surface area contributed by atoms with Crippen LogP contribution in [-0.2, 0) is 14.4 Å². The fraction of sp³-hybridized carbons (Fsp3) is 0.286. The quantitative estimate of drug-likeness (QED) is 0.480. The SMILES string of the molecule is Cc1ccc(NC2NC(=O)C3C(NC(=O)CC3C(=O)Nc3cc(Cl)ccc3Cl)N2)cc1. The predicted molar refractivity (Wildman–Crippen MR) is 118 cm³/mol. The molecule has 31 heavy (non-hydrogen) atoms. The molecule has 4 unspecified atom stereocenters. The minimum atomic E-state index is -0.873. The van der Waals surface area contributed by atoms with Crippen molar-refractivity contribution >= 4 is 52.3 Å². The van der Waals surface area contributed by atoms with Gasteiger partial charge in [-0.25, -0.2) is 0 Å². The molecular weight excluding hydrogens is 441 g/mol. The van der Waals surface area contributed by atoms with E-state index in [1.54, 1.807) is 12.1 Å². The lowest BCUT2D eigenvalue weighted by Crippen LogP contribution is -2.72. The van der Waals surface area contributed by atoms with E-state index in [0.29, 0.717) is 15.7 Å². The van der Waals surface area contributed by atoms with Crippen LogP contribution in [0.25, 0.3) is 0 Å². The van der Waals surface area contributed by atoms with Crippen molar-refractivity contribution in [2.24, 2.45) is 11.8 Å². The number of carbonyl (C=O) groups is 3. The molecule has 0 aromatic heterocycles. The van der Waals surface area contributed by atoms with Crippen molar-refractivity contribution in [1.82, 2.24) is 16.0 Å². The van der Waals surface area contributed by atoms with Crippen molar-refractivity contribution in [3.63, 3.8) is 0 Å². The molecule has 162 valence electrons. The first-order valence-corrected chi connectivity index (χ1v) is 10.5. The van der Waals surface area contributed by atoms with Gasteiger partial charge in [-0.1, -0.05) is 40.9 Å². The maximum Gasteiger partial charge on any atom is 0.229 e. The minimum Gasteiger partial charge on any atom is -0.353 e. The monoisotopic (exact) mass is 461 g/mol. The Bertz CT molecular complexity index is 1030. The smallest absolute Gasteiger partial charge is 0.229 e. The molecule has 2 aromatic rings.